The Kier molecular flexibility index (Phi) is 5.87. The van der Waals surface area contributed by atoms with Gasteiger partial charge >= 0.3 is 6.18 Å². The molecule has 1 saturated heterocycles. The number of benzene rings is 1. The lowest BCUT2D eigenvalue weighted by Crippen LogP contribution is -2.43. The van der Waals surface area contributed by atoms with Crippen molar-refractivity contribution in [1.29, 1.82) is 0 Å². The lowest BCUT2D eigenvalue weighted by Gasteiger charge is -2.34. The summed E-state index contributed by atoms with van der Waals surface area (Å²) in [7, 11) is 3.38. The summed E-state index contributed by atoms with van der Waals surface area (Å²) >= 11 is 0. The molecule has 134 valence electrons. The average molecular weight is 344 g/mol. The molecule has 0 saturated carbocycles. The lowest BCUT2D eigenvalue weighted by atomic mass is 9.90. The van der Waals surface area contributed by atoms with Crippen LogP contribution in [0.5, 0.6) is 0 Å². The van der Waals surface area contributed by atoms with E-state index in [1.54, 1.807) is 26.2 Å². The molecule has 1 aliphatic rings. The Labute approximate surface area is 139 Å². The first-order valence-corrected chi connectivity index (χ1v) is 7.96. The maximum absolute atomic E-state index is 12.5. The molecule has 0 aliphatic carbocycles. The number of piperidine rings is 1. The third-order valence-corrected chi connectivity index (χ3v) is 4.43. The fourth-order valence-electron chi connectivity index (χ4n) is 2.96. The maximum Gasteiger partial charge on any atom is 0.414 e. The molecule has 0 aromatic heterocycles. The van der Waals surface area contributed by atoms with Crippen molar-refractivity contribution in [3.8, 4) is 0 Å². The number of carbonyl (C=O) groups excluding carboxylic acids is 1. The zero-order valence-corrected chi connectivity index (χ0v) is 13.9. The van der Waals surface area contributed by atoms with Crippen molar-refractivity contribution in [1.82, 2.24) is 9.80 Å². The van der Waals surface area contributed by atoms with Crippen LogP contribution >= 0.6 is 0 Å². The summed E-state index contributed by atoms with van der Waals surface area (Å²) in [6.45, 7) is 1.68. The van der Waals surface area contributed by atoms with E-state index in [0.29, 0.717) is 38.0 Å². The van der Waals surface area contributed by atoms with Gasteiger partial charge in [-0.2, -0.15) is 13.2 Å². The predicted octanol–water partition coefficient (Wildman–Crippen LogP) is 2.52. The smallest absolute Gasteiger partial charge is 0.383 e. The largest absolute Gasteiger partial charge is 0.414 e. The van der Waals surface area contributed by atoms with Gasteiger partial charge in [-0.1, -0.05) is 12.1 Å². The van der Waals surface area contributed by atoms with Crippen LogP contribution in [0.1, 0.15) is 28.8 Å². The monoisotopic (exact) mass is 344 g/mol. The summed E-state index contributed by atoms with van der Waals surface area (Å²) in [4.78, 5) is 15.4. The number of rotatable bonds is 4. The first kappa shape index (κ1) is 18.7. The number of aliphatic hydroxyl groups excluding tert-OH is 1. The van der Waals surface area contributed by atoms with Crippen LogP contribution < -0.4 is 0 Å². The topological polar surface area (TPSA) is 43.8 Å². The molecule has 1 N–H and O–H groups in total. The van der Waals surface area contributed by atoms with Crippen molar-refractivity contribution < 1.29 is 23.1 Å². The Bertz CT molecular complexity index is 550. The Morgan fingerprint density at radius 3 is 2.25 bits per heavy atom. The molecule has 2 rings (SSSR count). The van der Waals surface area contributed by atoms with E-state index in [4.69, 9.17) is 0 Å². The number of alkyl halides is 3. The second kappa shape index (κ2) is 7.53. The average Bonchev–Trinajstić information content (AvgIpc) is 2.54. The highest BCUT2D eigenvalue weighted by Gasteiger charge is 2.44. The summed E-state index contributed by atoms with van der Waals surface area (Å²) in [5, 5.41) is 9.33. The number of halogens is 3. The molecule has 1 aliphatic heterocycles. The first-order chi connectivity index (χ1) is 11.2. The predicted molar refractivity (Wildman–Crippen MR) is 84.5 cm³/mol. The van der Waals surface area contributed by atoms with Gasteiger partial charge < -0.3 is 10.0 Å². The van der Waals surface area contributed by atoms with Gasteiger partial charge in [0.2, 0.25) is 0 Å². The zero-order valence-electron chi connectivity index (χ0n) is 13.9. The zero-order chi connectivity index (χ0) is 17.9. The quantitative estimate of drug-likeness (QED) is 0.913. The van der Waals surface area contributed by atoms with Gasteiger partial charge in [-0.05, 0) is 49.5 Å². The summed E-state index contributed by atoms with van der Waals surface area (Å²) in [6.07, 6.45) is -6.10. The highest BCUT2D eigenvalue weighted by atomic mass is 19.4. The van der Waals surface area contributed by atoms with Crippen molar-refractivity contribution in [2.45, 2.75) is 31.7 Å². The van der Waals surface area contributed by atoms with Crippen molar-refractivity contribution in [3.63, 3.8) is 0 Å². The van der Waals surface area contributed by atoms with Crippen LogP contribution in [0.3, 0.4) is 0 Å². The van der Waals surface area contributed by atoms with E-state index in [1.807, 2.05) is 12.1 Å². The second-order valence-electron chi connectivity index (χ2n) is 6.50. The van der Waals surface area contributed by atoms with Crippen LogP contribution in [0, 0.1) is 5.92 Å². The van der Waals surface area contributed by atoms with Crippen molar-refractivity contribution >= 4 is 5.91 Å². The number of carbonyl (C=O) groups is 1. The van der Waals surface area contributed by atoms with E-state index < -0.39 is 18.2 Å². The maximum atomic E-state index is 12.5. The van der Waals surface area contributed by atoms with Crippen molar-refractivity contribution in [2.24, 2.45) is 5.92 Å². The van der Waals surface area contributed by atoms with Gasteiger partial charge in [-0.3, -0.25) is 9.69 Å². The van der Waals surface area contributed by atoms with Crippen LogP contribution in [-0.2, 0) is 6.54 Å². The van der Waals surface area contributed by atoms with E-state index in [0.717, 1.165) is 5.56 Å². The number of hydrogen-bond donors (Lipinski definition) is 1. The van der Waals surface area contributed by atoms with Gasteiger partial charge in [-0.15, -0.1) is 0 Å². The Morgan fingerprint density at radius 1 is 1.25 bits per heavy atom. The molecule has 7 heteroatoms. The standard InChI is InChI=1S/C17H23F3N2O2/c1-21(2)16(24)14-5-3-12(4-6-14)11-22-9-7-13(8-10-22)15(23)17(18,19)20/h3-6,13,15,23H,7-11H2,1-2H3. The normalized spacial score (nSPS) is 18.4. The molecular formula is C17H23F3N2O2. The van der Waals surface area contributed by atoms with E-state index in [9.17, 15) is 23.1 Å². The Hall–Kier alpha value is -1.60. The first-order valence-electron chi connectivity index (χ1n) is 7.96. The number of aliphatic hydroxyl groups is 1. The Morgan fingerprint density at radius 2 is 1.79 bits per heavy atom. The van der Waals surface area contributed by atoms with Gasteiger partial charge in [0.25, 0.3) is 5.91 Å². The molecule has 0 bridgehead atoms. The minimum atomic E-state index is -4.54. The Balaban J connectivity index is 1.87. The van der Waals surface area contributed by atoms with Crippen LogP contribution in [-0.4, -0.2) is 60.3 Å². The van der Waals surface area contributed by atoms with Crippen LogP contribution in [0.25, 0.3) is 0 Å². The molecule has 1 aromatic rings. The van der Waals surface area contributed by atoms with Crippen LogP contribution in [0.2, 0.25) is 0 Å². The minimum Gasteiger partial charge on any atom is -0.383 e. The van der Waals surface area contributed by atoms with E-state index in [-0.39, 0.29) is 5.91 Å². The SMILES string of the molecule is CN(C)C(=O)c1ccc(CN2CCC(C(O)C(F)(F)F)CC2)cc1. The van der Waals surface area contributed by atoms with Gasteiger partial charge in [0.1, 0.15) is 0 Å². The van der Waals surface area contributed by atoms with Crippen molar-refractivity contribution in [3.05, 3.63) is 35.4 Å². The van der Waals surface area contributed by atoms with Crippen LogP contribution in [0.15, 0.2) is 24.3 Å². The molecule has 0 spiro atoms. The van der Waals surface area contributed by atoms with Gasteiger partial charge in [0.15, 0.2) is 6.10 Å². The fourth-order valence-corrected chi connectivity index (χ4v) is 2.96. The molecule has 1 fully saturated rings. The molecule has 4 nitrogen and oxygen atoms in total. The second-order valence-corrected chi connectivity index (χ2v) is 6.50. The number of hydrogen-bond acceptors (Lipinski definition) is 3. The fraction of sp³-hybridized carbons (Fsp3) is 0.588. The lowest BCUT2D eigenvalue weighted by molar-refractivity contribution is -0.223. The number of nitrogens with zero attached hydrogens (tertiary/aromatic N) is 2. The summed E-state index contributed by atoms with van der Waals surface area (Å²) in [6, 6.07) is 7.26. The summed E-state index contributed by atoms with van der Waals surface area (Å²) in [5.41, 5.74) is 1.62. The van der Waals surface area contributed by atoms with E-state index >= 15 is 0 Å². The third kappa shape index (κ3) is 4.70. The number of likely N-dealkylation sites (tertiary alicyclic amines) is 1. The minimum absolute atomic E-state index is 0.0662. The molecule has 0 radical (unpaired) electrons. The molecule has 1 heterocycles. The van der Waals surface area contributed by atoms with Gasteiger partial charge in [0.05, 0.1) is 0 Å². The van der Waals surface area contributed by atoms with Gasteiger partial charge in [-0.25, -0.2) is 0 Å². The number of amides is 1. The summed E-state index contributed by atoms with van der Waals surface area (Å²) < 4.78 is 37.6. The third-order valence-electron chi connectivity index (χ3n) is 4.43. The van der Waals surface area contributed by atoms with Crippen molar-refractivity contribution in [2.75, 3.05) is 27.2 Å². The molecule has 1 aromatic carbocycles. The molecule has 1 atom stereocenters. The summed E-state index contributed by atoms with van der Waals surface area (Å²) in [5.74, 6) is -0.787. The van der Waals surface area contributed by atoms with Gasteiger partial charge in [0, 0.05) is 26.2 Å². The van der Waals surface area contributed by atoms with E-state index in [2.05, 4.69) is 4.90 Å². The van der Waals surface area contributed by atoms with E-state index in [1.165, 1.54) is 4.90 Å². The van der Waals surface area contributed by atoms with Crippen LogP contribution in [0.4, 0.5) is 13.2 Å². The highest BCUT2D eigenvalue weighted by molar-refractivity contribution is 5.93. The molecule has 1 unspecified atom stereocenters. The molecule has 24 heavy (non-hydrogen) atoms. The molecule has 1 amide bonds. The molecular weight excluding hydrogens is 321 g/mol. The highest BCUT2D eigenvalue weighted by Crippen LogP contribution is 2.31.